The summed E-state index contributed by atoms with van der Waals surface area (Å²) in [5.74, 6) is 0.357. The molecule has 12 nitrogen and oxygen atoms in total. The molecule has 192 valence electrons. The van der Waals surface area contributed by atoms with Gasteiger partial charge in [-0.15, -0.1) is 0 Å². The Hall–Kier alpha value is -4.61. The predicted molar refractivity (Wildman–Crippen MR) is 140 cm³/mol. The highest BCUT2D eigenvalue weighted by Gasteiger charge is 2.17. The fraction of sp³-hybridized carbons (Fsp3) is 0.320. The van der Waals surface area contributed by atoms with Gasteiger partial charge in [0.05, 0.1) is 17.9 Å². The minimum atomic E-state index is -0.407. The number of fused-ring (bicyclic) bond motifs is 1. The number of aryl methyl sites for hydroxylation is 1. The maximum atomic E-state index is 12.7. The maximum absolute atomic E-state index is 12.7. The number of nitrogens with two attached hydrogens (primary N) is 1. The van der Waals surface area contributed by atoms with Crippen molar-refractivity contribution in [3.8, 4) is 0 Å². The van der Waals surface area contributed by atoms with Crippen LogP contribution < -0.4 is 16.0 Å². The topological polar surface area (TPSA) is 148 Å². The average Bonchev–Trinajstić information content (AvgIpc) is 3.40. The number of carbonyl (C=O) groups excluding carboxylic acids is 2. The molecule has 2 amide bonds. The van der Waals surface area contributed by atoms with Gasteiger partial charge in [-0.25, -0.2) is 15.0 Å². The molecule has 0 atom stereocenters. The zero-order valence-corrected chi connectivity index (χ0v) is 21.1. The van der Waals surface area contributed by atoms with Crippen molar-refractivity contribution in [2.24, 2.45) is 0 Å². The Balaban J connectivity index is 1.46. The summed E-state index contributed by atoms with van der Waals surface area (Å²) in [4.78, 5) is 43.1. The molecule has 0 aliphatic rings. The lowest BCUT2D eigenvalue weighted by molar-refractivity contribution is -0.131. The Kier molecular flexibility index (Phi) is 7.86. The number of hydrogen-bond acceptors (Lipinski definition) is 9. The lowest BCUT2D eigenvalue weighted by Gasteiger charge is -2.24. The van der Waals surface area contributed by atoms with Crippen molar-refractivity contribution in [2.75, 3.05) is 37.8 Å². The van der Waals surface area contributed by atoms with Crippen LogP contribution in [-0.2, 0) is 17.9 Å². The Morgan fingerprint density at radius 1 is 1.05 bits per heavy atom. The standard InChI is InChI=1S/C25H30N10O2/c1-17-6-4-7-18-14-19(15-29-25(37)22-23(26)28-9-8-27-22)24(32-21(17)18)34(3)13-5-12-33(2)20(36)16-35-30-10-11-31-35/h4,6-11,14H,5,12-13,15-16H2,1-3H3,(H2,26,28)(H,29,37). The van der Waals surface area contributed by atoms with E-state index in [9.17, 15) is 9.59 Å². The number of nitrogens with one attached hydrogen (secondary N) is 1. The van der Waals surface area contributed by atoms with Gasteiger partial charge in [0, 0.05) is 57.1 Å². The van der Waals surface area contributed by atoms with Crippen LogP contribution in [0.4, 0.5) is 11.6 Å². The van der Waals surface area contributed by atoms with Gasteiger partial charge in [-0.05, 0) is 25.0 Å². The summed E-state index contributed by atoms with van der Waals surface area (Å²) < 4.78 is 0. The van der Waals surface area contributed by atoms with Gasteiger partial charge in [0.25, 0.3) is 5.91 Å². The third-order valence-electron chi connectivity index (χ3n) is 6.00. The number of hydrogen-bond donors (Lipinski definition) is 2. The SMILES string of the molecule is Cc1cccc2cc(CNC(=O)c3nccnc3N)c(N(C)CCCN(C)C(=O)Cn3nccn3)nc12. The molecule has 0 radical (unpaired) electrons. The van der Waals surface area contributed by atoms with E-state index in [1.54, 1.807) is 24.3 Å². The third-order valence-corrected chi connectivity index (χ3v) is 6.00. The van der Waals surface area contributed by atoms with E-state index in [0.717, 1.165) is 34.3 Å². The first-order valence-corrected chi connectivity index (χ1v) is 11.9. The molecule has 3 aromatic heterocycles. The molecule has 12 heteroatoms. The number of carbonyl (C=O) groups is 2. The number of nitrogens with zero attached hydrogens (tertiary/aromatic N) is 8. The molecule has 0 fully saturated rings. The number of benzene rings is 1. The summed E-state index contributed by atoms with van der Waals surface area (Å²) in [6.07, 6.45) is 6.68. The van der Waals surface area contributed by atoms with Crippen LogP contribution in [0.2, 0.25) is 0 Å². The molecule has 0 spiro atoms. The van der Waals surface area contributed by atoms with Crippen molar-refractivity contribution < 1.29 is 9.59 Å². The lowest BCUT2D eigenvalue weighted by atomic mass is 10.1. The minimum absolute atomic E-state index is 0.0648. The first-order chi connectivity index (χ1) is 17.8. The molecule has 37 heavy (non-hydrogen) atoms. The molecule has 3 N–H and O–H groups in total. The van der Waals surface area contributed by atoms with E-state index in [1.807, 2.05) is 43.1 Å². The second kappa shape index (κ2) is 11.4. The van der Waals surface area contributed by atoms with Gasteiger partial charge in [-0.2, -0.15) is 15.0 Å². The zero-order chi connectivity index (χ0) is 26.4. The number of para-hydroxylation sites is 1. The van der Waals surface area contributed by atoms with Crippen molar-refractivity contribution in [3.63, 3.8) is 0 Å². The quantitative estimate of drug-likeness (QED) is 0.328. The molecule has 0 aliphatic carbocycles. The van der Waals surface area contributed by atoms with Crippen LogP contribution in [0.1, 0.15) is 28.0 Å². The Labute approximate surface area is 214 Å². The third kappa shape index (κ3) is 6.15. The van der Waals surface area contributed by atoms with Crippen molar-refractivity contribution in [2.45, 2.75) is 26.4 Å². The number of pyridine rings is 1. The van der Waals surface area contributed by atoms with Crippen molar-refractivity contribution in [3.05, 3.63) is 65.9 Å². The molecule has 0 bridgehead atoms. The predicted octanol–water partition coefficient (Wildman–Crippen LogP) is 1.42. The van der Waals surface area contributed by atoms with E-state index in [0.29, 0.717) is 13.1 Å². The minimum Gasteiger partial charge on any atom is -0.382 e. The van der Waals surface area contributed by atoms with E-state index in [2.05, 4.69) is 25.5 Å². The van der Waals surface area contributed by atoms with Crippen LogP contribution in [0.25, 0.3) is 10.9 Å². The molecular formula is C25H30N10O2. The fourth-order valence-corrected chi connectivity index (χ4v) is 3.97. The second-order valence-corrected chi connectivity index (χ2v) is 8.74. The molecule has 4 rings (SSSR count). The van der Waals surface area contributed by atoms with E-state index < -0.39 is 5.91 Å². The lowest BCUT2D eigenvalue weighted by Crippen LogP contribution is -2.34. The molecule has 0 aliphatic heterocycles. The molecular weight excluding hydrogens is 472 g/mol. The average molecular weight is 503 g/mol. The first-order valence-electron chi connectivity index (χ1n) is 11.9. The molecule has 0 unspecified atom stereocenters. The van der Waals surface area contributed by atoms with E-state index in [-0.39, 0.29) is 30.5 Å². The summed E-state index contributed by atoms with van der Waals surface area (Å²) in [5, 5.41) is 11.8. The smallest absolute Gasteiger partial charge is 0.273 e. The van der Waals surface area contributed by atoms with Crippen LogP contribution in [0.15, 0.2) is 49.1 Å². The Bertz CT molecular complexity index is 1390. The van der Waals surface area contributed by atoms with E-state index in [1.165, 1.54) is 17.2 Å². The van der Waals surface area contributed by atoms with Gasteiger partial charge in [0.1, 0.15) is 12.4 Å². The highest BCUT2D eigenvalue weighted by molar-refractivity contribution is 5.96. The van der Waals surface area contributed by atoms with Crippen LogP contribution in [0, 0.1) is 6.92 Å². The number of rotatable bonds is 10. The Morgan fingerprint density at radius 2 is 1.81 bits per heavy atom. The largest absolute Gasteiger partial charge is 0.382 e. The highest BCUT2D eigenvalue weighted by Crippen LogP contribution is 2.25. The normalized spacial score (nSPS) is 10.9. The van der Waals surface area contributed by atoms with Crippen molar-refractivity contribution in [1.29, 1.82) is 0 Å². The maximum Gasteiger partial charge on any atom is 0.273 e. The number of anilines is 2. The van der Waals surface area contributed by atoms with Gasteiger partial charge < -0.3 is 20.9 Å². The molecule has 0 saturated carbocycles. The summed E-state index contributed by atoms with van der Waals surface area (Å²) in [5.41, 5.74) is 8.70. The number of nitrogen functional groups attached to an aromatic ring is 1. The number of aromatic nitrogens is 6. The highest BCUT2D eigenvalue weighted by atomic mass is 16.2. The first kappa shape index (κ1) is 25.5. The van der Waals surface area contributed by atoms with Gasteiger partial charge in [0.2, 0.25) is 5.91 Å². The summed E-state index contributed by atoms with van der Waals surface area (Å²) in [7, 11) is 3.72. The van der Waals surface area contributed by atoms with Crippen LogP contribution >= 0.6 is 0 Å². The van der Waals surface area contributed by atoms with Crippen molar-refractivity contribution in [1.82, 2.24) is 40.2 Å². The van der Waals surface area contributed by atoms with Crippen LogP contribution in [-0.4, -0.2) is 73.8 Å². The molecule has 0 saturated heterocycles. The molecule has 1 aromatic carbocycles. The Morgan fingerprint density at radius 3 is 2.57 bits per heavy atom. The van der Waals surface area contributed by atoms with Crippen LogP contribution in [0.3, 0.4) is 0 Å². The van der Waals surface area contributed by atoms with E-state index >= 15 is 0 Å². The van der Waals surface area contributed by atoms with Gasteiger partial charge in [-0.3, -0.25) is 9.59 Å². The summed E-state index contributed by atoms with van der Waals surface area (Å²) in [6, 6.07) is 8.04. The zero-order valence-electron chi connectivity index (χ0n) is 21.1. The number of likely N-dealkylation sites (N-methyl/N-ethyl adjacent to an activating group) is 1. The second-order valence-electron chi connectivity index (χ2n) is 8.74. The molecule has 3 heterocycles. The summed E-state index contributed by atoms with van der Waals surface area (Å²) in [6.45, 7) is 3.58. The fourth-order valence-electron chi connectivity index (χ4n) is 3.97. The van der Waals surface area contributed by atoms with Crippen LogP contribution in [0.5, 0.6) is 0 Å². The van der Waals surface area contributed by atoms with Gasteiger partial charge in [-0.1, -0.05) is 18.2 Å². The monoisotopic (exact) mass is 502 g/mol. The summed E-state index contributed by atoms with van der Waals surface area (Å²) >= 11 is 0. The number of amides is 2. The van der Waals surface area contributed by atoms with E-state index in [4.69, 9.17) is 10.7 Å². The molecule has 4 aromatic rings. The van der Waals surface area contributed by atoms with Gasteiger partial charge >= 0.3 is 0 Å². The van der Waals surface area contributed by atoms with Gasteiger partial charge in [0.15, 0.2) is 11.5 Å². The van der Waals surface area contributed by atoms with Crippen molar-refractivity contribution >= 4 is 34.4 Å².